The Hall–Kier alpha value is -2.17. The van der Waals surface area contributed by atoms with Gasteiger partial charge in [-0.2, -0.15) is 0 Å². The number of nitrogens with zero attached hydrogens (tertiary/aromatic N) is 4. The molecule has 1 aromatic carbocycles. The molecule has 0 saturated carbocycles. The molecule has 3 rings (SSSR count). The molecular weight excluding hydrogens is 400 g/mol. The van der Waals surface area contributed by atoms with Crippen molar-refractivity contribution in [3.8, 4) is 5.75 Å². The highest BCUT2D eigenvalue weighted by Gasteiger charge is 2.26. The molecule has 152 valence electrons. The monoisotopic (exact) mass is 424 g/mol. The molecule has 1 fully saturated rings. The summed E-state index contributed by atoms with van der Waals surface area (Å²) in [6.45, 7) is 2.70. The van der Waals surface area contributed by atoms with E-state index in [4.69, 9.17) is 4.74 Å². The van der Waals surface area contributed by atoms with Gasteiger partial charge in [0, 0.05) is 57.4 Å². The predicted octanol–water partition coefficient (Wildman–Crippen LogP) is 1.75. The quantitative estimate of drug-likeness (QED) is 0.727. The van der Waals surface area contributed by atoms with E-state index < -0.39 is 10.0 Å². The third-order valence-corrected chi connectivity index (χ3v) is 7.31. The lowest BCUT2D eigenvalue weighted by Crippen LogP contribution is -2.35. The molecule has 10 heteroatoms. The van der Waals surface area contributed by atoms with Gasteiger partial charge in [-0.1, -0.05) is 0 Å². The van der Waals surface area contributed by atoms with Gasteiger partial charge in [0.2, 0.25) is 10.0 Å². The van der Waals surface area contributed by atoms with Crippen LogP contribution in [0.3, 0.4) is 0 Å². The third kappa shape index (κ3) is 4.13. The summed E-state index contributed by atoms with van der Waals surface area (Å²) in [6, 6.07) is 4.54. The number of methoxy groups -OCH3 is 1. The Labute approximate surface area is 169 Å². The molecule has 2 heterocycles. The fourth-order valence-corrected chi connectivity index (χ4v) is 4.85. The molecule has 8 nitrogen and oxygen atoms in total. The second kappa shape index (κ2) is 8.46. The van der Waals surface area contributed by atoms with Crippen LogP contribution in [-0.2, 0) is 10.0 Å². The Morgan fingerprint density at radius 3 is 2.64 bits per heavy atom. The van der Waals surface area contributed by atoms with Gasteiger partial charge in [0.25, 0.3) is 5.91 Å². The van der Waals surface area contributed by atoms with Crippen molar-refractivity contribution in [2.24, 2.45) is 0 Å². The summed E-state index contributed by atoms with van der Waals surface area (Å²) in [6.07, 6.45) is 2.60. The smallest absolute Gasteiger partial charge is 0.253 e. The average Bonchev–Trinajstić information content (AvgIpc) is 3.11. The Morgan fingerprint density at radius 2 is 2.00 bits per heavy atom. The number of carbonyl (C=O) groups is 1. The SMILES string of the molecule is COc1ccc(C(=O)N2CCCN(c3nccs3)CC2)cc1S(=O)(=O)N(C)C. The maximum Gasteiger partial charge on any atom is 0.253 e. The molecule has 1 aliphatic heterocycles. The Kier molecular flexibility index (Phi) is 6.21. The first kappa shape index (κ1) is 20.6. The van der Waals surface area contributed by atoms with Gasteiger partial charge in [-0.05, 0) is 24.6 Å². The minimum absolute atomic E-state index is 0.00918. The largest absolute Gasteiger partial charge is 0.495 e. The molecule has 28 heavy (non-hydrogen) atoms. The first-order valence-corrected chi connectivity index (χ1v) is 11.2. The van der Waals surface area contributed by atoms with E-state index in [1.807, 2.05) is 5.38 Å². The van der Waals surface area contributed by atoms with Gasteiger partial charge >= 0.3 is 0 Å². The number of sulfonamides is 1. The second-order valence-electron chi connectivity index (χ2n) is 6.60. The number of anilines is 1. The first-order valence-electron chi connectivity index (χ1n) is 8.89. The highest BCUT2D eigenvalue weighted by Crippen LogP contribution is 2.28. The van der Waals surface area contributed by atoms with Crippen molar-refractivity contribution < 1.29 is 17.9 Å². The number of hydrogen-bond donors (Lipinski definition) is 0. The lowest BCUT2D eigenvalue weighted by atomic mass is 10.2. The van der Waals surface area contributed by atoms with Gasteiger partial charge in [-0.25, -0.2) is 17.7 Å². The maximum atomic E-state index is 13.0. The second-order valence-corrected chi connectivity index (χ2v) is 9.59. The lowest BCUT2D eigenvalue weighted by molar-refractivity contribution is 0.0766. The summed E-state index contributed by atoms with van der Waals surface area (Å²) in [4.78, 5) is 21.3. The van der Waals surface area contributed by atoms with Crippen molar-refractivity contribution in [1.82, 2.24) is 14.2 Å². The van der Waals surface area contributed by atoms with E-state index in [0.29, 0.717) is 25.2 Å². The van der Waals surface area contributed by atoms with Crippen molar-refractivity contribution >= 4 is 32.4 Å². The topological polar surface area (TPSA) is 83.0 Å². The van der Waals surface area contributed by atoms with Crippen LogP contribution in [0.15, 0.2) is 34.7 Å². The maximum absolute atomic E-state index is 13.0. The molecule has 0 aliphatic carbocycles. The minimum Gasteiger partial charge on any atom is -0.495 e. The normalized spacial score (nSPS) is 15.6. The van der Waals surface area contributed by atoms with Gasteiger partial charge in [0.15, 0.2) is 5.13 Å². The third-order valence-electron chi connectivity index (χ3n) is 4.64. The first-order chi connectivity index (χ1) is 13.3. The van der Waals surface area contributed by atoms with Gasteiger partial charge in [-0.3, -0.25) is 4.79 Å². The number of aromatic nitrogens is 1. The van der Waals surface area contributed by atoms with E-state index in [9.17, 15) is 13.2 Å². The Morgan fingerprint density at radius 1 is 1.21 bits per heavy atom. The summed E-state index contributed by atoms with van der Waals surface area (Å²) < 4.78 is 31.5. The molecule has 0 radical (unpaired) electrons. The van der Waals surface area contributed by atoms with Crippen LogP contribution in [0, 0.1) is 0 Å². The molecule has 1 saturated heterocycles. The van der Waals surface area contributed by atoms with Gasteiger partial charge in [0.1, 0.15) is 10.6 Å². The molecule has 0 bridgehead atoms. The number of benzene rings is 1. The number of hydrogen-bond acceptors (Lipinski definition) is 7. The zero-order valence-electron chi connectivity index (χ0n) is 16.2. The van der Waals surface area contributed by atoms with Crippen molar-refractivity contribution in [3.63, 3.8) is 0 Å². The fraction of sp³-hybridized carbons (Fsp3) is 0.444. The number of rotatable bonds is 5. The van der Waals surface area contributed by atoms with Gasteiger partial charge < -0.3 is 14.5 Å². The average molecular weight is 425 g/mol. The molecule has 1 amide bonds. The molecule has 0 N–H and O–H groups in total. The minimum atomic E-state index is -3.73. The summed E-state index contributed by atoms with van der Waals surface area (Å²) in [5, 5.41) is 2.89. The molecule has 0 unspecified atom stereocenters. The molecule has 0 atom stereocenters. The van der Waals surface area contributed by atoms with Gasteiger partial charge in [-0.15, -0.1) is 11.3 Å². The fourth-order valence-electron chi connectivity index (χ4n) is 3.07. The molecule has 1 aliphatic rings. The van der Waals surface area contributed by atoms with E-state index in [2.05, 4.69) is 9.88 Å². The van der Waals surface area contributed by atoms with Crippen molar-refractivity contribution in [1.29, 1.82) is 0 Å². The van der Waals surface area contributed by atoms with Crippen LogP contribution >= 0.6 is 11.3 Å². The van der Waals surface area contributed by atoms with E-state index >= 15 is 0 Å². The summed E-state index contributed by atoms with van der Waals surface area (Å²) >= 11 is 1.58. The van der Waals surface area contributed by atoms with Crippen molar-refractivity contribution in [2.75, 3.05) is 52.3 Å². The molecular formula is C18H24N4O4S2. The van der Waals surface area contributed by atoms with Crippen LogP contribution in [0.5, 0.6) is 5.75 Å². The van der Waals surface area contributed by atoms with Crippen LogP contribution in [0.1, 0.15) is 16.8 Å². The van der Waals surface area contributed by atoms with E-state index in [0.717, 1.165) is 22.4 Å². The number of carbonyl (C=O) groups excluding carboxylic acids is 1. The van der Waals surface area contributed by atoms with Crippen LogP contribution in [-0.4, -0.2) is 75.9 Å². The zero-order valence-corrected chi connectivity index (χ0v) is 17.8. The van der Waals surface area contributed by atoms with Crippen LogP contribution in [0.2, 0.25) is 0 Å². The predicted molar refractivity (Wildman–Crippen MR) is 109 cm³/mol. The standard InChI is InChI=1S/C18H24N4O4S2/c1-20(2)28(24,25)16-13-14(5-6-15(16)26-3)17(23)21-8-4-9-22(11-10-21)18-19-7-12-27-18/h5-7,12-13H,4,8-11H2,1-3H3. The number of ether oxygens (including phenoxy) is 1. The summed E-state index contributed by atoms with van der Waals surface area (Å²) in [7, 11) is 0.580. The van der Waals surface area contributed by atoms with Crippen LogP contribution in [0.4, 0.5) is 5.13 Å². The summed E-state index contributed by atoms with van der Waals surface area (Å²) in [5.74, 6) is 0.0370. The van der Waals surface area contributed by atoms with Gasteiger partial charge in [0.05, 0.1) is 7.11 Å². The lowest BCUT2D eigenvalue weighted by Gasteiger charge is -2.22. The van der Waals surface area contributed by atoms with E-state index in [1.54, 1.807) is 28.5 Å². The molecule has 1 aromatic heterocycles. The van der Waals surface area contributed by atoms with Crippen LogP contribution < -0.4 is 9.64 Å². The van der Waals surface area contributed by atoms with E-state index in [-0.39, 0.29) is 16.6 Å². The number of thiazole rings is 1. The molecule has 2 aromatic rings. The summed E-state index contributed by atoms with van der Waals surface area (Å²) in [5.41, 5.74) is 0.337. The highest BCUT2D eigenvalue weighted by atomic mass is 32.2. The number of amides is 1. The Bertz CT molecular complexity index is 929. The highest BCUT2D eigenvalue weighted by molar-refractivity contribution is 7.89. The van der Waals surface area contributed by atoms with Crippen LogP contribution in [0.25, 0.3) is 0 Å². The van der Waals surface area contributed by atoms with E-state index in [1.165, 1.54) is 33.3 Å². The van der Waals surface area contributed by atoms with Crippen molar-refractivity contribution in [3.05, 3.63) is 35.3 Å². The Balaban J connectivity index is 1.82. The zero-order chi connectivity index (χ0) is 20.3. The van der Waals surface area contributed by atoms with Crippen molar-refractivity contribution in [2.45, 2.75) is 11.3 Å². The molecule has 0 spiro atoms.